The number of rotatable bonds is 4. The van der Waals surface area contributed by atoms with Gasteiger partial charge >= 0.3 is 0 Å². The van der Waals surface area contributed by atoms with Crippen LogP contribution in [-0.2, 0) is 6.42 Å². The summed E-state index contributed by atoms with van der Waals surface area (Å²) in [4.78, 5) is 26.8. The average Bonchev–Trinajstić information content (AvgIpc) is 2.90. The average molecular weight is 311 g/mol. The van der Waals surface area contributed by atoms with Crippen LogP contribution in [0.3, 0.4) is 0 Å². The first-order valence-corrected chi connectivity index (χ1v) is 7.33. The van der Waals surface area contributed by atoms with E-state index in [4.69, 9.17) is 0 Å². The van der Waals surface area contributed by atoms with Crippen molar-refractivity contribution < 1.29 is 4.79 Å². The third kappa shape index (κ3) is 2.98. The van der Waals surface area contributed by atoms with Crippen LogP contribution < -0.4 is 10.9 Å². The fourth-order valence-corrected chi connectivity index (χ4v) is 2.57. The van der Waals surface area contributed by atoms with Crippen molar-refractivity contribution in [3.8, 4) is 0 Å². The number of aryl methyl sites for hydroxylation is 2. The van der Waals surface area contributed by atoms with Crippen LogP contribution in [0.1, 0.15) is 27.4 Å². The monoisotopic (exact) mass is 311 g/mol. The first kappa shape index (κ1) is 15.0. The van der Waals surface area contributed by atoms with E-state index in [0.717, 1.165) is 17.2 Å². The minimum Gasteiger partial charge on any atom is -0.351 e. The molecule has 0 atom stereocenters. The fraction of sp³-hybridized carbons (Fsp3) is 0.250. The summed E-state index contributed by atoms with van der Waals surface area (Å²) in [6, 6.07) is 7.43. The molecule has 1 amide bonds. The summed E-state index contributed by atoms with van der Waals surface area (Å²) >= 11 is 0. The minimum absolute atomic E-state index is 0.154. The number of amides is 1. The Morgan fingerprint density at radius 3 is 2.91 bits per heavy atom. The van der Waals surface area contributed by atoms with Crippen LogP contribution in [0.2, 0.25) is 0 Å². The summed E-state index contributed by atoms with van der Waals surface area (Å²) < 4.78 is 1.87. The number of aromatic nitrogens is 4. The molecule has 0 radical (unpaired) electrons. The van der Waals surface area contributed by atoms with E-state index in [2.05, 4.69) is 20.5 Å². The topological polar surface area (TPSA) is 92.2 Å². The molecule has 3 aromatic rings. The Hall–Kier alpha value is -2.96. The molecule has 3 aromatic heterocycles. The molecule has 118 valence electrons. The molecule has 0 aliphatic carbocycles. The number of hydrogen-bond donors (Lipinski definition) is 2. The Morgan fingerprint density at radius 1 is 1.30 bits per heavy atom. The predicted molar refractivity (Wildman–Crippen MR) is 85.6 cm³/mol. The first-order chi connectivity index (χ1) is 11.1. The van der Waals surface area contributed by atoms with Gasteiger partial charge in [0.15, 0.2) is 5.65 Å². The Labute approximate surface area is 132 Å². The van der Waals surface area contributed by atoms with Gasteiger partial charge < -0.3 is 10.3 Å². The van der Waals surface area contributed by atoms with E-state index in [1.54, 1.807) is 19.9 Å². The van der Waals surface area contributed by atoms with Gasteiger partial charge in [-0.15, -0.1) is 10.2 Å². The molecule has 0 aliphatic heterocycles. The van der Waals surface area contributed by atoms with Crippen molar-refractivity contribution in [2.24, 2.45) is 0 Å². The summed E-state index contributed by atoms with van der Waals surface area (Å²) in [6.07, 6.45) is 2.40. The number of carbonyl (C=O) groups is 1. The second-order valence-corrected chi connectivity index (χ2v) is 5.39. The number of H-pyrrole nitrogens is 1. The molecule has 23 heavy (non-hydrogen) atoms. The number of nitrogens with zero attached hydrogens (tertiary/aromatic N) is 3. The SMILES string of the molecule is Cc1cc(C)c(C(=O)NCCc2nnc3ccccn23)c(=O)[nH]1. The number of aromatic amines is 1. The van der Waals surface area contributed by atoms with Crippen LogP contribution in [0.5, 0.6) is 0 Å². The zero-order valence-corrected chi connectivity index (χ0v) is 13.0. The van der Waals surface area contributed by atoms with Gasteiger partial charge in [0, 0.05) is 24.9 Å². The van der Waals surface area contributed by atoms with E-state index in [9.17, 15) is 9.59 Å². The maximum Gasteiger partial charge on any atom is 0.261 e. The van der Waals surface area contributed by atoms with E-state index in [1.807, 2.05) is 28.8 Å². The second-order valence-electron chi connectivity index (χ2n) is 5.39. The molecule has 0 aromatic carbocycles. The van der Waals surface area contributed by atoms with E-state index in [1.165, 1.54) is 0 Å². The van der Waals surface area contributed by atoms with Gasteiger partial charge in [0.2, 0.25) is 0 Å². The molecule has 2 N–H and O–H groups in total. The van der Waals surface area contributed by atoms with Gasteiger partial charge in [-0.2, -0.15) is 0 Å². The molecule has 0 bridgehead atoms. The van der Waals surface area contributed by atoms with E-state index < -0.39 is 0 Å². The van der Waals surface area contributed by atoms with E-state index in [0.29, 0.717) is 18.5 Å². The molecule has 3 rings (SSSR count). The van der Waals surface area contributed by atoms with Gasteiger partial charge in [-0.05, 0) is 37.6 Å². The molecule has 7 nitrogen and oxygen atoms in total. The summed E-state index contributed by atoms with van der Waals surface area (Å²) in [5, 5.41) is 10.9. The maximum atomic E-state index is 12.2. The normalized spacial score (nSPS) is 10.9. The van der Waals surface area contributed by atoms with Gasteiger partial charge in [-0.3, -0.25) is 14.0 Å². The van der Waals surface area contributed by atoms with Crippen LogP contribution in [0.4, 0.5) is 0 Å². The smallest absolute Gasteiger partial charge is 0.261 e. The zero-order valence-electron chi connectivity index (χ0n) is 13.0. The number of fused-ring (bicyclic) bond motifs is 1. The molecule has 0 unspecified atom stereocenters. The zero-order chi connectivity index (χ0) is 16.4. The van der Waals surface area contributed by atoms with Crippen molar-refractivity contribution in [3.05, 3.63) is 63.5 Å². The van der Waals surface area contributed by atoms with Gasteiger partial charge in [0.1, 0.15) is 11.4 Å². The Kier molecular flexibility index (Phi) is 3.92. The van der Waals surface area contributed by atoms with Crippen LogP contribution in [-0.4, -0.2) is 32.0 Å². The van der Waals surface area contributed by atoms with E-state index >= 15 is 0 Å². The van der Waals surface area contributed by atoms with Crippen molar-refractivity contribution in [1.29, 1.82) is 0 Å². The molecular weight excluding hydrogens is 294 g/mol. The highest BCUT2D eigenvalue weighted by molar-refractivity contribution is 5.95. The molecule has 0 fully saturated rings. The molecular formula is C16H17N5O2. The lowest BCUT2D eigenvalue weighted by atomic mass is 10.1. The standard InChI is InChI=1S/C16H17N5O2/c1-10-9-11(2)18-16(23)14(10)15(22)17-7-6-13-20-19-12-5-3-4-8-21(12)13/h3-5,8-9H,6-7H2,1-2H3,(H,17,22)(H,18,23). The summed E-state index contributed by atoms with van der Waals surface area (Å²) in [7, 11) is 0. The van der Waals surface area contributed by atoms with Gasteiger partial charge in [0.25, 0.3) is 11.5 Å². The van der Waals surface area contributed by atoms with Crippen LogP contribution in [0.15, 0.2) is 35.3 Å². The number of pyridine rings is 2. The molecule has 7 heteroatoms. The second kappa shape index (κ2) is 6.04. The first-order valence-electron chi connectivity index (χ1n) is 7.33. The Bertz CT molecular complexity index is 926. The third-order valence-electron chi connectivity index (χ3n) is 3.61. The van der Waals surface area contributed by atoms with Crippen molar-refractivity contribution >= 4 is 11.6 Å². The lowest BCUT2D eigenvalue weighted by Gasteiger charge is -2.07. The predicted octanol–water partition coefficient (Wildman–Crippen LogP) is 1.01. The molecule has 0 saturated carbocycles. The molecule has 0 spiro atoms. The number of carbonyl (C=O) groups excluding carboxylic acids is 1. The number of nitrogens with one attached hydrogen (secondary N) is 2. The molecule has 0 saturated heterocycles. The lowest BCUT2D eigenvalue weighted by molar-refractivity contribution is 0.0952. The highest BCUT2D eigenvalue weighted by Gasteiger charge is 2.14. The highest BCUT2D eigenvalue weighted by Crippen LogP contribution is 2.05. The van der Waals surface area contributed by atoms with Crippen molar-refractivity contribution in [1.82, 2.24) is 24.9 Å². The quantitative estimate of drug-likeness (QED) is 0.752. The van der Waals surface area contributed by atoms with Crippen LogP contribution in [0.25, 0.3) is 5.65 Å². The fourth-order valence-electron chi connectivity index (χ4n) is 2.57. The Morgan fingerprint density at radius 2 is 2.13 bits per heavy atom. The van der Waals surface area contributed by atoms with Crippen molar-refractivity contribution in [2.75, 3.05) is 6.54 Å². The van der Waals surface area contributed by atoms with Crippen molar-refractivity contribution in [3.63, 3.8) is 0 Å². The molecule has 3 heterocycles. The lowest BCUT2D eigenvalue weighted by Crippen LogP contribution is -2.32. The van der Waals surface area contributed by atoms with Crippen LogP contribution in [0, 0.1) is 13.8 Å². The van der Waals surface area contributed by atoms with Gasteiger partial charge in [-0.1, -0.05) is 6.07 Å². The third-order valence-corrected chi connectivity index (χ3v) is 3.61. The Balaban J connectivity index is 1.69. The van der Waals surface area contributed by atoms with E-state index in [-0.39, 0.29) is 17.0 Å². The molecule has 0 aliphatic rings. The summed E-state index contributed by atoms with van der Waals surface area (Å²) in [5.41, 5.74) is 1.95. The largest absolute Gasteiger partial charge is 0.351 e. The highest BCUT2D eigenvalue weighted by atomic mass is 16.2. The summed E-state index contributed by atoms with van der Waals surface area (Å²) in [6.45, 7) is 3.91. The maximum absolute atomic E-state index is 12.2. The number of hydrogen-bond acceptors (Lipinski definition) is 4. The van der Waals surface area contributed by atoms with Crippen LogP contribution >= 0.6 is 0 Å². The summed E-state index contributed by atoms with van der Waals surface area (Å²) in [5.74, 6) is 0.382. The van der Waals surface area contributed by atoms with Gasteiger partial charge in [-0.25, -0.2) is 0 Å². The van der Waals surface area contributed by atoms with Gasteiger partial charge in [0.05, 0.1) is 0 Å². The minimum atomic E-state index is -0.377. The van der Waals surface area contributed by atoms with Crippen molar-refractivity contribution in [2.45, 2.75) is 20.3 Å².